The average Bonchev–Trinajstić information content (AvgIpc) is 3.24. The van der Waals surface area contributed by atoms with Gasteiger partial charge in [-0.15, -0.1) is 0 Å². The summed E-state index contributed by atoms with van der Waals surface area (Å²) < 4.78 is 5.13. The molecule has 0 spiro atoms. The van der Waals surface area contributed by atoms with Crippen molar-refractivity contribution in [3.05, 3.63) is 121 Å². The average molecular weight is 745 g/mol. The number of rotatable bonds is 15. The molecule has 0 saturated heterocycles. The van der Waals surface area contributed by atoms with Crippen molar-refractivity contribution in [2.45, 2.75) is 160 Å². The summed E-state index contributed by atoms with van der Waals surface area (Å²) in [6.07, 6.45) is 12.8. The summed E-state index contributed by atoms with van der Waals surface area (Å²) in [7, 11) is 0. The first-order chi connectivity index (χ1) is 26.7. The van der Waals surface area contributed by atoms with Crippen molar-refractivity contribution in [2.75, 3.05) is 0 Å². The van der Waals surface area contributed by atoms with Gasteiger partial charge in [0.05, 0.1) is 0 Å². The van der Waals surface area contributed by atoms with Gasteiger partial charge in [-0.25, -0.2) is 0 Å². The number of hydrogen-bond donors (Lipinski definition) is 0. The van der Waals surface area contributed by atoms with Gasteiger partial charge in [-0.3, -0.25) is 0 Å². The van der Waals surface area contributed by atoms with E-state index >= 15 is 0 Å². The molecular formula is C54H69Al. The zero-order chi connectivity index (χ0) is 39.6. The van der Waals surface area contributed by atoms with Crippen LogP contribution in [0.25, 0.3) is 32.3 Å². The number of benzene rings is 6. The second-order valence-electron chi connectivity index (χ2n) is 16.0. The Morgan fingerprint density at radius 2 is 0.473 bits per heavy atom. The zero-order valence-electron chi connectivity index (χ0n) is 36.8. The van der Waals surface area contributed by atoms with Gasteiger partial charge in [0.1, 0.15) is 0 Å². The van der Waals surface area contributed by atoms with Crippen molar-refractivity contribution in [2.24, 2.45) is 0 Å². The van der Waals surface area contributed by atoms with Gasteiger partial charge in [0.2, 0.25) is 0 Å². The van der Waals surface area contributed by atoms with Gasteiger partial charge in [-0.2, -0.15) is 0 Å². The van der Waals surface area contributed by atoms with E-state index in [2.05, 4.69) is 138 Å². The minimum atomic E-state index is -2.22. The summed E-state index contributed by atoms with van der Waals surface area (Å²) in [5, 5.41) is 9.37. The second kappa shape index (κ2) is 17.8. The molecule has 0 radical (unpaired) electrons. The van der Waals surface area contributed by atoms with E-state index in [1.165, 1.54) is 50.1 Å². The highest BCUT2D eigenvalue weighted by molar-refractivity contribution is 7.00. The topological polar surface area (TPSA) is 0 Å². The molecule has 0 aliphatic rings. The molecule has 0 amide bonds. The van der Waals surface area contributed by atoms with Gasteiger partial charge >= 0.3 is 14.1 Å². The molecule has 0 aliphatic heterocycles. The highest BCUT2D eigenvalue weighted by Crippen LogP contribution is 2.34. The Morgan fingerprint density at radius 3 is 0.673 bits per heavy atom. The first kappa shape index (κ1) is 41.3. The molecule has 0 heterocycles. The molecule has 6 aromatic carbocycles. The molecule has 0 saturated carbocycles. The maximum atomic E-state index is 2.68. The van der Waals surface area contributed by atoms with E-state index in [1.807, 2.05) is 0 Å². The van der Waals surface area contributed by atoms with Crippen LogP contribution in [-0.4, -0.2) is 14.1 Å². The van der Waals surface area contributed by atoms with Gasteiger partial charge in [0, 0.05) is 0 Å². The molecule has 0 N–H and O–H groups in total. The molecule has 0 aromatic heterocycles. The fourth-order valence-corrected chi connectivity index (χ4v) is 14.8. The maximum Gasteiger partial charge on any atom is 0.387 e. The van der Waals surface area contributed by atoms with Crippen molar-refractivity contribution in [1.29, 1.82) is 0 Å². The normalized spacial score (nSPS) is 11.8. The molecule has 0 aliphatic carbocycles. The fraction of sp³-hybridized carbons (Fsp3) is 0.444. The van der Waals surface area contributed by atoms with Crippen LogP contribution in [0.3, 0.4) is 0 Å². The monoisotopic (exact) mass is 745 g/mol. The quantitative estimate of drug-likeness (QED) is 0.0919. The first-order valence-corrected chi connectivity index (χ1v) is 24.3. The molecule has 0 nitrogen and oxygen atoms in total. The van der Waals surface area contributed by atoms with Crippen molar-refractivity contribution >= 4 is 59.7 Å². The predicted molar refractivity (Wildman–Crippen MR) is 249 cm³/mol. The van der Waals surface area contributed by atoms with Crippen LogP contribution in [-0.2, 0) is 77.0 Å². The summed E-state index contributed by atoms with van der Waals surface area (Å²) in [4.78, 5) is 0. The third-order valence-corrected chi connectivity index (χ3v) is 17.1. The van der Waals surface area contributed by atoms with E-state index in [0.29, 0.717) is 0 Å². The first-order valence-electron chi connectivity index (χ1n) is 22.5. The molecular weight excluding hydrogens is 676 g/mol. The molecule has 1 heteroatoms. The molecule has 0 bridgehead atoms. The minimum absolute atomic E-state index is 1.05. The SMILES string of the molecule is CCc1cc(CC)c2c(CC)cc(CC)[c]([Al]([c]3c(CC)cc(CC)c4c(CC)cc(CC)cc34)[c]3c(CC)cc(CC)c4c(CC)cc(CC)cc34)c2c1. The van der Waals surface area contributed by atoms with E-state index in [1.54, 1.807) is 62.3 Å². The van der Waals surface area contributed by atoms with Gasteiger partial charge in [-0.1, -0.05) is 168 Å². The Balaban J connectivity index is 2.02. The van der Waals surface area contributed by atoms with E-state index in [-0.39, 0.29) is 0 Å². The van der Waals surface area contributed by atoms with Crippen molar-refractivity contribution in [3.8, 4) is 0 Å². The molecule has 55 heavy (non-hydrogen) atoms. The number of hydrogen-bond acceptors (Lipinski definition) is 0. The van der Waals surface area contributed by atoms with Crippen LogP contribution < -0.4 is 13.3 Å². The predicted octanol–water partition coefficient (Wildman–Crippen LogP) is 12.4. The van der Waals surface area contributed by atoms with Crippen molar-refractivity contribution in [3.63, 3.8) is 0 Å². The lowest BCUT2D eigenvalue weighted by Crippen LogP contribution is -2.56. The van der Waals surface area contributed by atoms with Gasteiger partial charge in [0.15, 0.2) is 0 Å². The van der Waals surface area contributed by atoms with E-state index in [4.69, 9.17) is 0 Å². The maximum absolute atomic E-state index is 2.68. The van der Waals surface area contributed by atoms with Gasteiger partial charge in [0.25, 0.3) is 0 Å². The van der Waals surface area contributed by atoms with Gasteiger partial charge in [-0.05, 0) is 159 Å². The largest absolute Gasteiger partial charge is 0.387 e. The summed E-state index contributed by atoms with van der Waals surface area (Å²) >= 11 is -2.22. The third kappa shape index (κ3) is 7.24. The van der Waals surface area contributed by atoms with Crippen molar-refractivity contribution in [1.82, 2.24) is 0 Å². The lowest BCUT2D eigenvalue weighted by molar-refractivity contribution is 1.07. The van der Waals surface area contributed by atoms with Gasteiger partial charge < -0.3 is 0 Å². The minimum Gasteiger partial charge on any atom is -0.0879 e. The second-order valence-corrected chi connectivity index (χ2v) is 18.6. The third-order valence-electron chi connectivity index (χ3n) is 13.3. The Bertz CT molecular complexity index is 2060. The van der Waals surface area contributed by atoms with E-state index in [9.17, 15) is 0 Å². The van der Waals surface area contributed by atoms with Crippen LogP contribution in [0.5, 0.6) is 0 Å². The van der Waals surface area contributed by atoms with Crippen LogP contribution in [0.2, 0.25) is 0 Å². The molecule has 0 fully saturated rings. The molecule has 6 rings (SSSR count). The number of fused-ring (bicyclic) bond motifs is 3. The van der Waals surface area contributed by atoms with E-state index < -0.39 is 14.1 Å². The molecule has 0 atom stereocenters. The zero-order valence-corrected chi connectivity index (χ0v) is 37.9. The summed E-state index contributed by atoms with van der Waals surface area (Å²) in [6.45, 7) is 28.7. The highest BCUT2D eigenvalue weighted by Gasteiger charge is 2.37. The summed E-state index contributed by atoms with van der Waals surface area (Å²) in [5.74, 6) is 0. The Kier molecular flexibility index (Phi) is 13.4. The van der Waals surface area contributed by atoms with Crippen LogP contribution in [0, 0.1) is 0 Å². The van der Waals surface area contributed by atoms with Crippen LogP contribution in [0.4, 0.5) is 0 Å². The molecule has 0 unspecified atom stereocenters. The Hall–Kier alpha value is -3.37. The Morgan fingerprint density at radius 1 is 0.255 bits per heavy atom. The Labute approximate surface area is 339 Å². The summed E-state index contributed by atoms with van der Waals surface area (Å²) in [5.41, 5.74) is 18.4. The lowest BCUT2D eigenvalue weighted by atomic mass is 9.90. The lowest BCUT2D eigenvalue weighted by Gasteiger charge is -2.30. The van der Waals surface area contributed by atoms with Crippen LogP contribution >= 0.6 is 0 Å². The smallest absolute Gasteiger partial charge is 0.0879 e. The fourth-order valence-electron chi connectivity index (χ4n) is 10.3. The van der Waals surface area contributed by atoms with Crippen LogP contribution in [0.15, 0.2) is 54.6 Å². The standard InChI is InChI=1S/3C18H23.Al/c3*1-5-13-9-15(7-3)18-16(8-4)10-14(6-2)12-17(18)11-13;/h3*9-11H,5-8H2,1-4H3;. The number of aryl methyl sites for hydroxylation is 12. The highest BCUT2D eigenvalue weighted by atomic mass is 27.2. The molecule has 288 valence electrons. The molecule has 6 aromatic rings. The van der Waals surface area contributed by atoms with Crippen LogP contribution in [0.1, 0.15) is 150 Å². The van der Waals surface area contributed by atoms with E-state index in [0.717, 1.165) is 77.0 Å². The summed E-state index contributed by atoms with van der Waals surface area (Å²) in [6, 6.07) is 23.6. The van der Waals surface area contributed by atoms with Crippen molar-refractivity contribution < 1.29 is 0 Å².